The third-order valence-electron chi connectivity index (χ3n) is 4.67. The SMILES string of the molecule is CN=C(NCC(=O)N(C)CCc1ccccn1)NCc1cc(OC)c(OC)c(OC)c1.I. The minimum absolute atomic E-state index is 0. The number of pyridine rings is 1. The minimum Gasteiger partial charge on any atom is -0.493 e. The third kappa shape index (κ3) is 8.06. The number of methoxy groups -OCH3 is 3. The molecule has 0 atom stereocenters. The second-order valence-corrected chi connectivity index (χ2v) is 6.70. The molecular weight excluding hydrogens is 525 g/mol. The molecule has 0 fully saturated rings. The van der Waals surface area contributed by atoms with E-state index >= 15 is 0 Å². The van der Waals surface area contributed by atoms with E-state index in [1.165, 1.54) is 0 Å². The lowest BCUT2D eigenvalue weighted by atomic mass is 10.2. The van der Waals surface area contributed by atoms with Gasteiger partial charge in [0.2, 0.25) is 11.7 Å². The van der Waals surface area contributed by atoms with E-state index in [9.17, 15) is 4.79 Å². The first kappa shape index (κ1) is 27.3. The molecule has 0 spiro atoms. The smallest absolute Gasteiger partial charge is 0.241 e. The maximum absolute atomic E-state index is 12.4. The fraction of sp³-hybridized carbons (Fsp3) is 0.409. The highest BCUT2D eigenvalue weighted by Gasteiger charge is 2.14. The molecule has 2 aromatic rings. The first-order valence-electron chi connectivity index (χ1n) is 9.89. The number of aromatic nitrogens is 1. The molecule has 176 valence electrons. The fourth-order valence-corrected chi connectivity index (χ4v) is 2.89. The number of hydrogen-bond donors (Lipinski definition) is 2. The summed E-state index contributed by atoms with van der Waals surface area (Å²) in [5.41, 5.74) is 1.87. The molecule has 0 aliphatic heterocycles. The number of likely N-dealkylation sites (N-methyl/N-ethyl adjacent to an activating group) is 1. The number of aliphatic imine (C=N–C) groups is 1. The first-order chi connectivity index (χ1) is 15.0. The Hall–Kier alpha value is -2.76. The van der Waals surface area contributed by atoms with Gasteiger partial charge in [-0.1, -0.05) is 6.07 Å². The van der Waals surface area contributed by atoms with Crippen LogP contribution in [0.15, 0.2) is 41.5 Å². The molecule has 1 heterocycles. The topological polar surface area (TPSA) is 97.3 Å². The summed E-state index contributed by atoms with van der Waals surface area (Å²) in [4.78, 5) is 22.5. The Kier molecular flexibility index (Phi) is 12.2. The molecule has 0 radical (unpaired) electrons. The summed E-state index contributed by atoms with van der Waals surface area (Å²) in [7, 11) is 8.14. The predicted octanol–water partition coefficient (Wildman–Crippen LogP) is 2.09. The Morgan fingerprint density at radius 2 is 1.78 bits per heavy atom. The fourth-order valence-electron chi connectivity index (χ4n) is 2.89. The second kappa shape index (κ2) is 14.3. The molecule has 0 aliphatic carbocycles. The zero-order chi connectivity index (χ0) is 22.6. The molecule has 0 saturated carbocycles. The molecule has 1 amide bonds. The average Bonchev–Trinajstić information content (AvgIpc) is 2.82. The van der Waals surface area contributed by atoms with Gasteiger partial charge in [0, 0.05) is 45.5 Å². The summed E-state index contributed by atoms with van der Waals surface area (Å²) < 4.78 is 16.1. The Balaban J connectivity index is 0.00000512. The van der Waals surface area contributed by atoms with Gasteiger partial charge in [-0.15, -0.1) is 24.0 Å². The van der Waals surface area contributed by atoms with Gasteiger partial charge >= 0.3 is 0 Å². The van der Waals surface area contributed by atoms with Gasteiger partial charge in [-0.3, -0.25) is 14.8 Å². The predicted molar refractivity (Wildman–Crippen MR) is 135 cm³/mol. The molecule has 2 rings (SSSR count). The van der Waals surface area contributed by atoms with E-state index in [0.29, 0.717) is 42.7 Å². The van der Waals surface area contributed by atoms with Gasteiger partial charge in [0.15, 0.2) is 17.5 Å². The summed E-state index contributed by atoms with van der Waals surface area (Å²) in [6.45, 7) is 1.18. The van der Waals surface area contributed by atoms with Crippen molar-refractivity contribution >= 4 is 35.8 Å². The van der Waals surface area contributed by atoms with Crippen LogP contribution in [0.1, 0.15) is 11.3 Å². The van der Waals surface area contributed by atoms with Crippen LogP contribution in [0.4, 0.5) is 0 Å². The van der Waals surface area contributed by atoms with Crippen LogP contribution in [0.2, 0.25) is 0 Å². The highest BCUT2D eigenvalue weighted by atomic mass is 127. The van der Waals surface area contributed by atoms with Crippen LogP contribution in [0.25, 0.3) is 0 Å². The zero-order valence-corrected chi connectivity index (χ0v) is 21.5. The van der Waals surface area contributed by atoms with Crippen LogP contribution in [-0.2, 0) is 17.8 Å². The second-order valence-electron chi connectivity index (χ2n) is 6.70. The van der Waals surface area contributed by atoms with Gasteiger partial charge in [-0.05, 0) is 29.8 Å². The standard InChI is InChI=1S/C22H31N5O4.HI/c1-23-22(25-14-16-12-18(29-3)21(31-5)19(13-16)30-4)26-15-20(28)27(2)11-9-17-8-6-7-10-24-17;/h6-8,10,12-13H,9,11,14-15H2,1-5H3,(H2,23,25,26);1H. The largest absolute Gasteiger partial charge is 0.493 e. The van der Waals surface area contributed by atoms with Crippen molar-refractivity contribution in [3.8, 4) is 17.2 Å². The van der Waals surface area contributed by atoms with Crippen LogP contribution in [0.5, 0.6) is 17.2 Å². The summed E-state index contributed by atoms with van der Waals surface area (Å²) in [5.74, 6) is 2.17. The minimum atomic E-state index is -0.0355. The quantitative estimate of drug-likeness (QED) is 0.263. The number of ether oxygens (including phenoxy) is 3. The molecule has 0 bridgehead atoms. The maximum atomic E-state index is 12.4. The molecule has 0 aliphatic rings. The lowest BCUT2D eigenvalue weighted by molar-refractivity contribution is -0.128. The third-order valence-corrected chi connectivity index (χ3v) is 4.67. The molecule has 32 heavy (non-hydrogen) atoms. The lowest BCUT2D eigenvalue weighted by Gasteiger charge is -2.19. The number of halogens is 1. The molecule has 10 heteroatoms. The zero-order valence-electron chi connectivity index (χ0n) is 19.2. The normalized spacial score (nSPS) is 10.6. The van der Waals surface area contributed by atoms with Crippen molar-refractivity contribution in [2.24, 2.45) is 4.99 Å². The van der Waals surface area contributed by atoms with Crippen LogP contribution in [-0.4, -0.2) is 70.3 Å². The summed E-state index contributed by atoms with van der Waals surface area (Å²) in [6, 6.07) is 9.48. The Morgan fingerprint density at radius 1 is 1.09 bits per heavy atom. The van der Waals surface area contributed by atoms with Gasteiger partial charge in [0.25, 0.3) is 0 Å². The summed E-state index contributed by atoms with van der Waals surface area (Å²) >= 11 is 0. The van der Waals surface area contributed by atoms with E-state index in [-0.39, 0.29) is 36.4 Å². The molecule has 1 aromatic heterocycles. The highest BCUT2D eigenvalue weighted by molar-refractivity contribution is 14.0. The number of nitrogens with zero attached hydrogens (tertiary/aromatic N) is 3. The monoisotopic (exact) mass is 557 g/mol. The average molecular weight is 557 g/mol. The van der Waals surface area contributed by atoms with Crippen molar-refractivity contribution < 1.29 is 19.0 Å². The van der Waals surface area contributed by atoms with E-state index in [4.69, 9.17) is 14.2 Å². The van der Waals surface area contributed by atoms with Crippen molar-refractivity contribution in [1.82, 2.24) is 20.5 Å². The van der Waals surface area contributed by atoms with Gasteiger partial charge < -0.3 is 29.7 Å². The van der Waals surface area contributed by atoms with Gasteiger partial charge in [0.05, 0.1) is 27.9 Å². The Morgan fingerprint density at radius 3 is 2.31 bits per heavy atom. The number of benzene rings is 1. The van der Waals surface area contributed by atoms with E-state index < -0.39 is 0 Å². The Bertz CT molecular complexity index is 855. The lowest BCUT2D eigenvalue weighted by Crippen LogP contribution is -2.43. The summed E-state index contributed by atoms with van der Waals surface area (Å²) in [5, 5.41) is 6.23. The summed E-state index contributed by atoms with van der Waals surface area (Å²) in [6.07, 6.45) is 2.46. The molecule has 0 unspecified atom stereocenters. The first-order valence-corrected chi connectivity index (χ1v) is 9.89. The van der Waals surface area contributed by atoms with E-state index in [0.717, 1.165) is 11.3 Å². The van der Waals surface area contributed by atoms with Crippen molar-refractivity contribution in [2.45, 2.75) is 13.0 Å². The number of carbonyl (C=O) groups is 1. The van der Waals surface area contributed by atoms with E-state index in [1.807, 2.05) is 30.3 Å². The number of hydrogen-bond acceptors (Lipinski definition) is 6. The van der Waals surface area contributed by atoms with Crippen LogP contribution in [0, 0.1) is 0 Å². The van der Waals surface area contributed by atoms with Crippen molar-refractivity contribution in [3.05, 3.63) is 47.8 Å². The number of nitrogens with one attached hydrogen (secondary N) is 2. The molecule has 9 nitrogen and oxygen atoms in total. The number of guanidine groups is 1. The highest BCUT2D eigenvalue weighted by Crippen LogP contribution is 2.38. The van der Waals surface area contributed by atoms with Gasteiger partial charge in [0.1, 0.15) is 0 Å². The van der Waals surface area contributed by atoms with Crippen LogP contribution in [0.3, 0.4) is 0 Å². The molecule has 0 saturated heterocycles. The number of amides is 1. The van der Waals surface area contributed by atoms with Crippen LogP contribution >= 0.6 is 24.0 Å². The Labute approximate surface area is 206 Å². The maximum Gasteiger partial charge on any atom is 0.241 e. The number of carbonyl (C=O) groups excluding carboxylic acids is 1. The van der Waals surface area contributed by atoms with Crippen molar-refractivity contribution in [2.75, 3.05) is 48.5 Å². The molecular formula is C22H32IN5O4. The van der Waals surface area contributed by atoms with Crippen molar-refractivity contribution in [1.29, 1.82) is 0 Å². The molecule has 2 N–H and O–H groups in total. The van der Waals surface area contributed by atoms with Crippen LogP contribution < -0.4 is 24.8 Å². The van der Waals surface area contributed by atoms with Gasteiger partial charge in [-0.25, -0.2) is 0 Å². The van der Waals surface area contributed by atoms with Gasteiger partial charge in [-0.2, -0.15) is 0 Å². The molecule has 1 aromatic carbocycles. The van der Waals surface area contributed by atoms with Crippen molar-refractivity contribution in [3.63, 3.8) is 0 Å². The van der Waals surface area contributed by atoms with E-state index in [2.05, 4.69) is 20.6 Å². The van der Waals surface area contributed by atoms with E-state index in [1.54, 1.807) is 46.5 Å². The number of rotatable bonds is 10.